The fourth-order valence-electron chi connectivity index (χ4n) is 3.57. The number of hydrogen-bond donors (Lipinski definition) is 3. The van der Waals surface area contributed by atoms with Crippen LogP contribution in [0.2, 0.25) is 0 Å². The molecule has 112 valence electrons. The van der Waals surface area contributed by atoms with E-state index in [0.29, 0.717) is 12.3 Å². The molecule has 0 saturated heterocycles. The molecule has 1 aliphatic carbocycles. The van der Waals surface area contributed by atoms with Crippen molar-refractivity contribution in [1.82, 2.24) is 0 Å². The SMILES string of the molecule is CC(C)[C@@H]1CC[C@@H](C)CC1(O[P+](=O)O)C(CO)CO. The van der Waals surface area contributed by atoms with Crippen LogP contribution in [-0.2, 0) is 9.09 Å². The van der Waals surface area contributed by atoms with Crippen LogP contribution in [0.4, 0.5) is 0 Å². The molecular weight excluding hydrogens is 267 g/mol. The molecule has 0 aliphatic heterocycles. The van der Waals surface area contributed by atoms with E-state index in [0.717, 1.165) is 12.8 Å². The molecule has 1 fully saturated rings. The van der Waals surface area contributed by atoms with Crippen LogP contribution in [0.3, 0.4) is 0 Å². The minimum Gasteiger partial charge on any atom is -0.396 e. The molecule has 1 rings (SSSR count). The molecule has 5 nitrogen and oxygen atoms in total. The van der Waals surface area contributed by atoms with Crippen molar-refractivity contribution in [3.63, 3.8) is 0 Å². The average Bonchev–Trinajstić information content (AvgIpc) is 2.28. The van der Waals surface area contributed by atoms with E-state index in [1.807, 2.05) is 0 Å². The van der Waals surface area contributed by atoms with E-state index >= 15 is 0 Å². The quantitative estimate of drug-likeness (QED) is 0.653. The Morgan fingerprint density at radius 3 is 2.32 bits per heavy atom. The van der Waals surface area contributed by atoms with Gasteiger partial charge in [0.2, 0.25) is 0 Å². The Labute approximate surface area is 115 Å². The summed E-state index contributed by atoms with van der Waals surface area (Å²) in [6.07, 6.45) is 2.53. The summed E-state index contributed by atoms with van der Waals surface area (Å²) >= 11 is 0. The van der Waals surface area contributed by atoms with Gasteiger partial charge in [0.1, 0.15) is 5.60 Å². The number of rotatable bonds is 6. The Bertz CT molecular complexity index is 305. The maximum absolute atomic E-state index is 11.2. The van der Waals surface area contributed by atoms with Crippen molar-refractivity contribution in [1.29, 1.82) is 0 Å². The van der Waals surface area contributed by atoms with E-state index in [4.69, 9.17) is 4.52 Å². The minimum absolute atomic E-state index is 0.0686. The molecule has 4 atom stereocenters. The van der Waals surface area contributed by atoms with Crippen LogP contribution in [-0.4, -0.2) is 33.9 Å². The lowest BCUT2D eigenvalue weighted by Crippen LogP contribution is -2.54. The maximum Gasteiger partial charge on any atom is 0.695 e. The first-order chi connectivity index (χ1) is 8.87. The number of hydrogen-bond acceptors (Lipinski definition) is 4. The highest BCUT2D eigenvalue weighted by Gasteiger charge is 2.55. The van der Waals surface area contributed by atoms with Crippen LogP contribution >= 0.6 is 8.25 Å². The molecule has 0 radical (unpaired) electrons. The van der Waals surface area contributed by atoms with Gasteiger partial charge in [-0.3, -0.25) is 0 Å². The average molecular weight is 293 g/mol. The highest BCUT2D eigenvalue weighted by molar-refractivity contribution is 7.32. The Morgan fingerprint density at radius 2 is 1.89 bits per heavy atom. The summed E-state index contributed by atoms with van der Waals surface area (Å²) in [7, 11) is -2.76. The molecule has 0 heterocycles. The van der Waals surface area contributed by atoms with Crippen LogP contribution in [0, 0.1) is 23.7 Å². The topological polar surface area (TPSA) is 87.0 Å². The minimum atomic E-state index is -2.76. The summed E-state index contributed by atoms with van der Waals surface area (Å²) in [5.74, 6) is 0.168. The van der Waals surface area contributed by atoms with Crippen LogP contribution < -0.4 is 0 Å². The van der Waals surface area contributed by atoms with Gasteiger partial charge in [-0.2, -0.15) is 0 Å². The standard InChI is InChI=1S/C13H25O5P/c1-9(2)12-5-4-10(3)6-13(12,18-19(16)17)11(7-14)8-15/h9-12,14-15H,4-8H2,1-3H3/p+1/t10-,12+,13?/m1/s1. The molecule has 19 heavy (non-hydrogen) atoms. The van der Waals surface area contributed by atoms with Crippen LogP contribution in [0.5, 0.6) is 0 Å². The highest BCUT2D eigenvalue weighted by atomic mass is 31.1. The lowest BCUT2D eigenvalue weighted by Gasteiger charge is -2.47. The van der Waals surface area contributed by atoms with Crippen LogP contribution in [0.15, 0.2) is 0 Å². The zero-order chi connectivity index (χ0) is 14.6. The third kappa shape index (κ3) is 3.73. The van der Waals surface area contributed by atoms with Gasteiger partial charge in [-0.25, -0.2) is 0 Å². The molecule has 0 aromatic rings. The van der Waals surface area contributed by atoms with E-state index < -0.39 is 19.8 Å². The molecule has 1 aliphatic rings. The Balaban J connectivity index is 3.16. The van der Waals surface area contributed by atoms with Gasteiger partial charge in [0, 0.05) is 10.5 Å². The second kappa shape index (κ2) is 7.09. The smallest absolute Gasteiger partial charge is 0.396 e. The van der Waals surface area contributed by atoms with Gasteiger partial charge in [0.15, 0.2) is 0 Å². The van der Waals surface area contributed by atoms with E-state index in [1.165, 1.54) is 0 Å². The summed E-state index contributed by atoms with van der Waals surface area (Å²) in [6, 6.07) is 0. The third-order valence-electron chi connectivity index (χ3n) is 4.45. The molecule has 0 amide bonds. The molecule has 3 N–H and O–H groups in total. The van der Waals surface area contributed by atoms with Crippen LogP contribution in [0.25, 0.3) is 0 Å². The Morgan fingerprint density at radius 1 is 1.32 bits per heavy atom. The zero-order valence-corrected chi connectivity index (χ0v) is 12.8. The van der Waals surface area contributed by atoms with Gasteiger partial charge in [0.25, 0.3) is 0 Å². The lowest BCUT2D eigenvalue weighted by molar-refractivity contribution is -0.125. The number of aliphatic hydroxyl groups excluding tert-OH is 2. The molecule has 1 saturated carbocycles. The first kappa shape index (κ1) is 17.0. The molecular formula is C13H26O5P+. The van der Waals surface area contributed by atoms with Gasteiger partial charge < -0.3 is 10.2 Å². The zero-order valence-electron chi connectivity index (χ0n) is 12.0. The lowest BCUT2D eigenvalue weighted by atomic mass is 9.62. The molecule has 0 bridgehead atoms. The predicted molar refractivity (Wildman–Crippen MR) is 72.6 cm³/mol. The van der Waals surface area contributed by atoms with E-state index in [2.05, 4.69) is 20.8 Å². The monoisotopic (exact) mass is 293 g/mol. The Hall–Kier alpha value is -0.0600. The van der Waals surface area contributed by atoms with Crippen molar-refractivity contribution in [3.05, 3.63) is 0 Å². The first-order valence-electron chi connectivity index (χ1n) is 6.94. The maximum atomic E-state index is 11.2. The molecule has 0 aromatic heterocycles. The molecule has 2 unspecified atom stereocenters. The highest BCUT2D eigenvalue weighted by Crippen LogP contribution is 2.50. The normalized spacial score (nSPS) is 32.9. The Kier molecular flexibility index (Phi) is 6.34. The second-order valence-corrected chi connectivity index (χ2v) is 6.74. The summed E-state index contributed by atoms with van der Waals surface area (Å²) < 4.78 is 16.7. The second-order valence-electron chi connectivity index (χ2n) is 6.08. The predicted octanol–water partition coefficient (Wildman–Crippen LogP) is 2.08. The summed E-state index contributed by atoms with van der Waals surface area (Å²) in [4.78, 5) is 9.22. The van der Waals surface area contributed by atoms with Gasteiger partial charge >= 0.3 is 8.25 Å². The largest absolute Gasteiger partial charge is 0.695 e. The first-order valence-corrected chi connectivity index (χ1v) is 8.07. The van der Waals surface area contributed by atoms with Crippen molar-refractivity contribution in [2.75, 3.05) is 13.2 Å². The fourth-order valence-corrected chi connectivity index (χ4v) is 4.21. The van der Waals surface area contributed by atoms with Gasteiger partial charge in [-0.05, 0) is 30.6 Å². The summed E-state index contributed by atoms with van der Waals surface area (Å²) in [6.45, 7) is 5.69. The fraction of sp³-hybridized carbons (Fsp3) is 1.00. The molecule has 0 spiro atoms. The van der Waals surface area contributed by atoms with Crippen molar-refractivity contribution in [2.45, 2.75) is 45.6 Å². The van der Waals surface area contributed by atoms with Gasteiger partial charge in [0.05, 0.1) is 13.2 Å². The number of aliphatic hydroxyl groups is 2. The van der Waals surface area contributed by atoms with Gasteiger partial charge in [-0.1, -0.05) is 27.2 Å². The van der Waals surface area contributed by atoms with Crippen molar-refractivity contribution >= 4 is 8.25 Å². The van der Waals surface area contributed by atoms with Gasteiger partial charge in [-0.15, -0.1) is 9.42 Å². The molecule has 6 heteroatoms. The third-order valence-corrected chi connectivity index (χ3v) is 4.95. The van der Waals surface area contributed by atoms with Crippen molar-refractivity contribution < 1.29 is 24.2 Å². The van der Waals surface area contributed by atoms with E-state index in [1.54, 1.807) is 0 Å². The molecule has 0 aromatic carbocycles. The summed E-state index contributed by atoms with van der Waals surface area (Å²) in [5.41, 5.74) is -0.905. The van der Waals surface area contributed by atoms with Crippen molar-refractivity contribution in [3.8, 4) is 0 Å². The van der Waals surface area contributed by atoms with E-state index in [-0.39, 0.29) is 25.0 Å². The van der Waals surface area contributed by atoms with Crippen LogP contribution in [0.1, 0.15) is 40.0 Å². The van der Waals surface area contributed by atoms with E-state index in [9.17, 15) is 19.7 Å². The van der Waals surface area contributed by atoms with Crippen molar-refractivity contribution in [2.24, 2.45) is 23.7 Å². The summed E-state index contributed by atoms with van der Waals surface area (Å²) in [5, 5.41) is 19.1.